The van der Waals surface area contributed by atoms with E-state index < -0.39 is 10.0 Å². The third-order valence-electron chi connectivity index (χ3n) is 4.59. The SMILES string of the molecule is N#Cc1ccccc1S(=O)(=O)N1CCN(c2ccc3c(c2)OCO3)CC1. The van der Waals surface area contributed by atoms with Gasteiger partial charge in [-0.1, -0.05) is 12.1 Å². The fourth-order valence-electron chi connectivity index (χ4n) is 3.19. The van der Waals surface area contributed by atoms with Crippen molar-refractivity contribution >= 4 is 15.7 Å². The number of hydrogen-bond acceptors (Lipinski definition) is 6. The number of anilines is 1. The summed E-state index contributed by atoms with van der Waals surface area (Å²) in [6.07, 6.45) is 0. The highest BCUT2D eigenvalue weighted by atomic mass is 32.2. The topological polar surface area (TPSA) is 82.9 Å². The van der Waals surface area contributed by atoms with Crippen LogP contribution in [0.4, 0.5) is 5.69 Å². The highest BCUT2D eigenvalue weighted by Gasteiger charge is 2.30. The first-order valence-electron chi connectivity index (χ1n) is 8.23. The molecule has 0 unspecified atom stereocenters. The lowest BCUT2D eigenvalue weighted by Crippen LogP contribution is -2.48. The third-order valence-corrected chi connectivity index (χ3v) is 6.54. The number of nitrogens with zero attached hydrogens (tertiary/aromatic N) is 3. The van der Waals surface area contributed by atoms with Gasteiger partial charge in [0.05, 0.1) is 10.5 Å². The van der Waals surface area contributed by atoms with E-state index >= 15 is 0 Å². The van der Waals surface area contributed by atoms with Gasteiger partial charge in [-0.3, -0.25) is 0 Å². The first kappa shape index (κ1) is 16.7. The summed E-state index contributed by atoms with van der Waals surface area (Å²) in [5, 5.41) is 9.18. The van der Waals surface area contributed by atoms with Crippen molar-refractivity contribution < 1.29 is 17.9 Å². The molecule has 134 valence electrons. The minimum absolute atomic E-state index is 0.0685. The highest BCUT2D eigenvalue weighted by Crippen LogP contribution is 2.36. The van der Waals surface area contributed by atoms with Crippen molar-refractivity contribution in [3.05, 3.63) is 48.0 Å². The lowest BCUT2D eigenvalue weighted by molar-refractivity contribution is 0.174. The average molecular weight is 371 g/mol. The van der Waals surface area contributed by atoms with E-state index in [0.717, 1.165) is 11.4 Å². The van der Waals surface area contributed by atoms with E-state index in [4.69, 9.17) is 9.47 Å². The van der Waals surface area contributed by atoms with E-state index in [0.29, 0.717) is 31.9 Å². The Bertz CT molecular complexity index is 976. The molecule has 0 amide bonds. The third kappa shape index (κ3) is 2.85. The second-order valence-corrected chi connectivity index (χ2v) is 7.94. The van der Waals surface area contributed by atoms with E-state index in [9.17, 15) is 13.7 Å². The fourth-order valence-corrected chi connectivity index (χ4v) is 4.76. The summed E-state index contributed by atoms with van der Waals surface area (Å²) in [4.78, 5) is 2.18. The first-order valence-corrected chi connectivity index (χ1v) is 9.67. The summed E-state index contributed by atoms with van der Waals surface area (Å²) in [6.45, 7) is 2.07. The molecule has 0 spiro atoms. The summed E-state index contributed by atoms with van der Waals surface area (Å²) in [5.74, 6) is 1.43. The summed E-state index contributed by atoms with van der Waals surface area (Å²) in [6, 6.07) is 14.0. The molecule has 2 aliphatic heterocycles. The molecule has 0 saturated carbocycles. The molecule has 1 saturated heterocycles. The van der Waals surface area contributed by atoms with Crippen molar-refractivity contribution in [1.29, 1.82) is 5.26 Å². The van der Waals surface area contributed by atoms with Crippen LogP contribution in [0.2, 0.25) is 0 Å². The molecule has 4 rings (SSSR count). The van der Waals surface area contributed by atoms with Gasteiger partial charge in [0, 0.05) is 37.9 Å². The van der Waals surface area contributed by atoms with E-state index in [1.54, 1.807) is 12.1 Å². The summed E-state index contributed by atoms with van der Waals surface area (Å²) < 4.78 is 37.9. The van der Waals surface area contributed by atoms with E-state index in [1.807, 2.05) is 24.3 Å². The number of benzene rings is 2. The van der Waals surface area contributed by atoms with Crippen LogP contribution in [0, 0.1) is 11.3 Å². The molecule has 8 heteroatoms. The van der Waals surface area contributed by atoms with Crippen molar-refractivity contribution in [2.75, 3.05) is 37.9 Å². The zero-order chi connectivity index (χ0) is 18.1. The summed E-state index contributed by atoms with van der Waals surface area (Å²) in [7, 11) is -3.68. The van der Waals surface area contributed by atoms with Gasteiger partial charge >= 0.3 is 0 Å². The molecule has 2 aromatic carbocycles. The molecular weight excluding hydrogens is 354 g/mol. The van der Waals surface area contributed by atoms with Crippen LogP contribution in [0.25, 0.3) is 0 Å². The maximum Gasteiger partial charge on any atom is 0.244 e. The Morgan fingerprint density at radius 1 is 0.962 bits per heavy atom. The van der Waals surface area contributed by atoms with Gasteiger partial charge in [-0.2, -0.15) is 9.57 Å². The normalized spacial score (nSPS) is 17.1. The van der Waals surface area contributed by atoms with Crippen molar-refractivity contribution in [1.82, 2.24) is 4.31 Å². The fraction of sp³-hybridized carbons (Fsp3) is 0.278. The van der Waals surface area contributed by atoms with Crippen LogP contribution in [0.3, 0.4) is 0 Å². The molecule has 0 aromatic heterocycles. The standard InChI is InChI=1S/C18H17N3O4S/c19-12-14-3-1-2-4-18(14)26(22,23)21-9-7-20(8-10-21)15-5-6-16-17(11-15)25-13-24-16/h1-6,11H,7-10,13H2. The molecule has 0 radical (unpaired) electrons. The molecule has 0 aliphatic carbocycles. The van der Waals surface area contributed by atoms with Crippen LogP contribution in [0.1, 0.15) is 5.56 Å². The smallest absolute Gasteiger partial charge is 0.244 e. The Kier molecular flexibility index (Phi) is 4.18. The molecule has 0 atom stereocenters. The minimum atomic E-state index is -3.68. The molecule has 7 nitrogen and oxygen atoms in total. The second-order valence-electron chi connectivity index (χ2n) is 6.04. The number of rotatable bonds is 3. The van der Waals surface area contributed by atoms with Gasteiger partial charge in [-0.25, -0.2) is 8.42 Å². The monoisotopic (exact) mass is 371 g/mol. The molecule has 2 aliphatic rings. The number of nitriles is 1. The number of ether oxygens (including phenoxy) is 2. The Balaban J connectivity index is 1.51. The van der Waals surface area contributed by atoms with Gasteiger partial charge in [-0.15, -0.1) is 0 Å². The number of hydrogen-bond donors (Lipinski definition) is 0. The maximum atomic E-state index is 12.9. The molecular formula is C18H17N3O4S. The predicted molar refractivity (Wildman–Crippen MR) is 94.7 cm³/mol. The molecule has 2 heterocycles. The molecule has 1 fully saturated rings. The number of sulfonamides is 1. The van der Waals surface area contributed by atoms with Gasteiger partial charge in [-0.05, 0) is 24.3 Å². The Labute approximate surface area is 152 Å². The van der Waals surface area contributed by atoms with Gasteiger partial charge in [0.1, 0.15) is 6.07 Å². The Hall–Kier alpha value is -2.76. The second kappa shape index (κ2) is 6.52. The summed E-state index contributed by atoms with van der Waals surface area (Å²) in [5.41, 5.74) is 1.15. The zero-order valence-electron chi connectivity index (χ0n) is 14.0. The van der Waals surface area contributed by atoms with Crippen LogP contribution in [0.15, 0.2) is 47.4 Å². The van der Waals surface area contributed by atoms with Crippen molar-refractivity contribution in [2.24, 2.45) is 0 Å². The number of fused-ring (bicyclic) bond motifs is 1. The lowest BCUT2D eigenvalue weighted by Gasteiger charge is -2.35. The van der Waals surface area contributed by atoms with Gasteiger partial charge in [0.2, 0.25) is 16.8 Å². The number of piperazine rings is 1. The zero-order valence-corrected chi connectivity index (χ0v) is 14.8. The van der Waals surface area contributed by atoms with Crippen LogP contribution in [0.5, 0.6) is 11.5 Å². The lowest BCUT2D eigenvalue weighted by atomic mass is 10.2. The van der Waals surface area contributed by atoms with Gasteiger partial charge < -0.3 is 14.4 Å². The van der Waals surface area contributed by atoms with Crippen LogP contribution in [-0.2, 0) is 10.0 Å². The first-order chi connectivity index (χ1) is 12.6. The maximum absolute atomic E-state index is 12.9. The summed E-state index contributed by atoms with van der Waals surface area (Å²) >= 11 is 0. The predicted octanol–water partition coefficient (Wildman–Crippen LogP) is 1.80. The van der Waals surface area contributed by atoms with Gasteiger partial charge in [0.15, 0.2) is 11.5 Å². The Morgan fingerprint density at radius 3 is 2.46 bits per heavy atom. The van der Waals surface area contributed by atoms with Crippen molar-refractivity contribution in [3.8, 4) is 17.6 Å². The highest BCUT2D eigenvalue weighted by molar-refractivity contribution is 7.89. The largest absolute Gasteiger partial charge is 0.454 e. The molecule has 2 aromatic rings. The Morgan fingerprint density at radius 2 is 1.69 bits per heavy atom. The minimum Gasteiger partial charge on any atom is -0.454 e. The van der Waals surface area contributed by atoms with Crippen LogP contribution >= 0.6 is 0 Å². The van der Waals surface area contributed by atoms with Crippen LogP contribution < -0.4 is 14.4 Å². The van der Waals surface area contributed by atoms with Crippen molar-refractivity contribution in [3.63, 3.8) is 0 Å². The molecule has 0 N–H and O–H groups in total. The van der Waals surface area contributed by atoms with Crippen LogP contribution in [-0.4, -0.2) is 45.7 Å². The molecule has 0 bridgehead atoms. The van der Waals surface area contributed by atoms with E-state index in [2.05, 4.69) is 4.90 Å². The van der Waals surface area contributed by atoms with E-state index in [-0.39, 0.29) is 17.3 Å². The van der Waals surface area contributed by atoms with Gasteiger partial charge in [0.25, 0.3) is 0 Å². The van der Waals surface area contributed by atoms with Crippen molar-refractivity contribution in [2.45, 2.75) is 4.90 Å². The van der Waals surface area contributed by atoms with E-state index in [1.165, 1.54) is 16.4 Å². The quantitative estimate of drug-likeness (QED) is 0.818. The average Bonchev–Trinajstić information content (AvgIpc) is 3.16. The molecule has 26 heavy (non-hydrogen) atoms.